The largest absolute Gasteiger partial charge is 0.478 e. The zero-order chi connectivity index (χ0) is 18.7. The van der Waals surface area contributed by atoms with E-state index in [0.29, 0.717) is 11.4 Å². The Morgan fingerprint density at radius 2 is 2.12 bits per heavy atom. The second kappa shape index (κ2) is 7.21. The van der Waals surface area contributed by atoms with Gasteiger partial charge in [-0.25, -0.2) is 0 Å². The summed E-state index contributed by atoms with van der Waals surface area (Å²) >= 11 is 0. The number of methoxy groups -OCH3 is 1. The van der Waals surface area contributed by atoms with Gasteiger partial charge in [-0.2, -0.15) is 4.98 Å². The van der Waals surface area contributed by atoms with Crippen molar-refractivity contribution in [3.05, 3.63) is 36.0 Å². The highest BCUT2D eigenvalue weighted by Gasteiger charge is 2.37. The standard InChI is InChI=1S/C16H16N4O6/c1-17-15(22)14-18-12(26-19-14)8-20-9-5-3-4-6-10(9)25-11(16(20)23)7-13(21)24-2/h3-6,11H,7-8H2,1-2H3,(H,17,22)/t11-/m1/s1. The van der Waals surface area contributed by atoms with E-state index in [2.05, 4.69) is 20.2 Å². The van der Waals surface area contributed by atoms with E-state index in [0.717, 1.165) is 0 Å². The summed E-state index contributed by atoms with van der Waals surface area (Å²) in [5.74, 6) is -1.14. The van der Waals surface area contributed by atoms with Crippen molar-refractivity contribution in [1.82, 2.24) is 15.5 Å². The second-order valence-corrected chi connectivity index (χ2v) is 5.37. The van der Waals surface area contributed by atoms with Gasteiger partial charge in [-0.05, 0) is 12.1 Å². The van der Waals surface area contributed by atoms with Crippen molar-refractivity contribution >= 4 is 23.5 Å². The van der Waals surface area contributed by atoms with Crippen molar-refractivity contribution in [2.45, 2.75) is 19.1 Å². The molecule has 0 saturated carbocycles. The van der Waals surface area contributed by atoms with Crippen molar-refractivity contribution < 1.29 is 28.4 Å². The molecule has 1 aliphatic rings. The van der Waals surface area contributed by atoms with Crippen LogP contribution in [-0.4, -0.2) is 48.2 Å². The van der Waals surface area contributed by atoms with Crippen molar-refractivity contribution in [3.8, 4) is 5.75 Å². The molecule has 2 heterocycles. The van der Waals surface area contributed by atoms with E-state index < -0.39 is 23.9 Å². The van der Waals surface area contributed by atoms with E-state index in [1.54, 1.807) is 24.3 Å². The van der Waals surface area contributed by atoms with E-state index in [-0.39, 0.29) is 24.7 Å². The molecule has 0 unspecified atom stereocenters. The molecule has 0 spiro atoms. The van der Waals surface area contributed by atoms with Gasteiger partial charge in [0, 0.05) is 7.05 Å². The van der Waals surface area contributed by atoms with Gasteiger partial charge in [0.1, 0.15) is 12.3 Å². The zero-order valence-corrected chi connectivity index (χ0v) is 14.1. The molecule has 3 rings (SSSR count). The molecule has 10 heteroatoms. The molecule has 1 aromatic heterocycles. The number of amides is 2. The minimum absolute atomic E-state index is 0.0686. The van der Waals surface area contributed by atoms with Crippen molar-refractivity contribution in [1.29, 1.82) is 0 Å². The number of esters is 1. The lowest BCUT2D eigenvalue weighted by Crippen LogP contribution is -2.46. The lowest BCUT2D eigenvalue weighted by atomic mass is 10.1. The van der Waals surface area contributed by atoms with Crippen LogP contribution in [0.25, 0.3) is 0 Å². The first-order chi connectivity index (χ1) is 12.5. The molecular formula is C16H16N4O6. The van der Waals surface area contributed by atoms with E-state index in [1.807, 2.05) is 0 Å². The Bertz CT molecular complexity index is 849. The van der Waals surface area contributed by atoms with Crippen LogP contribution >= 0.6 is 0 Å². The number of benzene rings is 1. The second-order valence-electron chi connectivity index (χ2n) is 5.37. The quantitative estimate of drug-likeness (QED) is 0.755. The molecule has 1 atom stereocenters. The third-order valence-electron chi connectivity index (χ3n) is 3.74. The maximum Gasteiger partial charge on any atom is 0.309 e. The highest BCUT2D eigenvalue weighted by Crippen LogP contribution is 2.35. The minimum atomic E-state index is -1.03. The molecule has 0 bridgehead atoms. The first kappa shape index (κ1) is 17.4. The molecule has 1 aliphatic heterocycles. The lowest BCUT2D eigenvalue weighted by molar-refractivity contribution is -0.145. The Kier molecular flexibility index (Phi) is 4.83. The molecular weight excluding hydrogens is 344 g/mol. The van der Waals surface area contributed by atoms with E-state index in [1.165, 1.54) is 19.1 Å². The SMILES string of the molecule is CNC(=O)c1noc(CN2C(=O)[C@@H](CC(=O)OC)Oc3ccccc32)n1. The summed E-state index contributed by atoms with van der Waals surface area (Å²) < 4.78 is 15.3. The molecule has 10 nitrogen and oxygen atoms in total. The maximum atomic E-state index is 12.8. The third kappa shape index (κ3) is 3.34. The van der Waals surface area contributed by atoms with Crippen LogP contribution < -0.4 is 15.0 Å². The van der Waals surface area contributed by atoms with Crippen molar-refractivity contribution in [2.75, 3.05) is 19.1 Å². The average Bonchev–Trinajstić information content (AvgIpc) is 3.13. The van der Waals surface area contributed by atoms with Crippen LogP contribution in [-0.2, 0) is 20.9 Å². The van der Waals surface area contributed by atoms with Gasteiger partial charge in [-0.1, -0.05) is 17.3 Å². The Morgan fingerprint density at radius 3 is 2.85 bits per heavy atom. The number of nitrogens with zero attached hydrogens (tertiary/aromatic N) is 3. The van der Waals surface area contributed by atoms with E-state index in [4.69, 9.17) is 9.26 Å². The van der Waals surface area contributed by atoms with Gasteiger partial charge in [-0.3, -0.25) is 19.3 Å². The first-order valence-electron chi connectivity index (χ1n) is 7.72. The molecule has 0 saturated heterocycles. The molecule has 1 aromatic carbocycles. The fourth-order valence-electron chi connectivity index (χ4n) is 2.46. The summed E-state index contributed by atoms with van der Waals surface area (Å²) in [7, 11) is 2.68. The summed E-state index contributed by atoms with van der Waals surface area (Å²) in [5.41, 5.74) is 0.498. The Hall–Kier alpha value is -3.43. The average molecular weight is 360 g/mol. The van der Waals surface area contributed by atoms with Gasteiger partial charge in [0.15, 0.2) is 6.10 Å². The number of carbonyl (C=O) groups is 3. The number of para-hydroxylation sites is 2. The number of hydrogen-bond donors (Lipinski definition) is 1. The van der Waals surface area contributed by atoms with Crippen LogP contribution in [0.5, 0.6) is 5.75 Å². The maximum absolute atomic E-state index is 12.8. The summed E-state index contributed by atoms with van der Waals surface area (Å²) in [6, 6.07) is 6.87. The minimum Gasteiger partial charge on any atom is -0.478 e. The molecule has 0 radical (unpaired) electrons. The fraction of sp³-hybridized carbons (Fsp3) is 0.312. The monoisotopic (exact) mass is 360 g/mol. The number of nitrogens with one attached hydrogen (secondary N) is 1. The molecule has 0 fully saturated rings. The summed E-state index contributed by atoms with van der Waals surface area (Å²) in [5, 5.41) is 5.95. The molecule has 2 amide bonds. The Labute approximate surface area is 148 Å². The topological polar surface area (TPSA) is 124 Å². The van der Waals surface area contributed by atoms with E-state index in [9.17, 15) is 14.4 Å². The molecule has 26 heavy (non-hydrogen) atoms. The smallest absolute Gasteiger partial charge is 0.309 e. The molecule has 2 aromatic rings. The summed E-state index contributed by atoms with van der Waals surface area (Å²) in [6.07, 6.45) is -1.26. The van der Waals surface area contributed by atoms with Gasteiger partial charge in [-0.15, -0.1) is 0 Å². The van der Waals surface area contributed by atoms with Crippen LogP contribution in [0.3, 0.4) is 0 Å². The molecule has 1 N–H and O–H groups in total. The lowest BCUT2D eigenvalue weighted by Gasteiger charge is -2.33. The normalized spacial score (nSPS) is 15.8. The molecule has 136 valence electrons. The van der Waals surface area contributed by atoms with Crippen LogP contribution in [0.2, 0.25) is 0 Å². The Morgan fingerprint density at radius 1 is 1.35 bits per heavy atom. The number of rotatable bonds is 5. The van der Waals surface area contributed by atoms with Crippen molar-refractivity contribution in [3.63, 3.8) is 0 Å². The molecule has 0 aliphatic carbocycles. The number of ether oxygens (including phenoxy) is 2. The van der Waals surface area contributed by atoms with Gasteiger partial charge in [0.2, 0.25) is 5.89 Å². The van der Waals surface area contributed by atoms with Gasteiger partial charge >= 0.3 is 5.97 Å². The predicted molar refractivity (Wildman–Crippen MR) is 86.4 cm³/mol. The van der Waals surface area contributed by atoms with Crippen LogP contribution in [0.15, 0.2) is 28.8 Å². The van der Waals surface area contributed by atoms with Gasteiger partial charge in [0.05, 0.1) is 19.2 Å². The fourth-order valence-corrected chi connectivity index (χ4v) is 2.46. The highest BCUT2D eigenvalue weighted by molar-refractivity contribution is 6.01. The van der Waals surface area contributed by atoms with Gasteiger partial charge < -0.3 is 19.3 Å². The third-order valence-corrected chi connectivity index (χ3v) is 3.74. The summed E-state index contributed by atoms with van der Waals surface area (Å²) in [4.78, 5) is 41.2. The van der Waals surface area contributed by atoms with E-state index >= 15 is 0 Å². The van der Waals surface area contributed by atoms with Crippen LogP contribution in [0.1, 0.15) is 22.9 Å². The number of carbonyl (C=O) groups excluding carboxylic acids is 3. The number of aromatic nitrogens is 2. The Balaban J connectivity index is 1.88. The number of fused-ring (bicyclic) bond motifs is 1. The zero-order valence-electron chi connectivity index (χ0n) is 14.1. The number of anilines is 1. The predicted octanol–water partition coefficient (Wildman–Crippen LogP) is 0.286. The number of hydrogen-bond acceptors (Lipinski definition) is 8. The van der Waals surface area contributed by atoms with Gasteiger partial charge in [0.25, 0.3) is 17.6 Å². The van der Waals surface area contributed by atoms with Crippen LogP contribution in [0, 0.1) is 0 Å². The summed E-state index contributed by atoms with van der Waals surface area (Å²) in [6.45, 7) is -0.0686. The van der Waals surface area contributed by atoms with Crippen LogP contribution in [0.4, 0.5) is 5.69 Å². The van der Waals surface area contributed by atoms with Crippen molar-refractivity contribution in [2.24, 2.45) is 0 Å². The first-order valence-corrected chi connectivity index (χ1v) is 7.72. The highest BCUT2D eigenvalue weighted by atomic mass is 16.5.